The van der Waals surface area contributed by atoms with E-state index >= 15 is 0 Å². The Labute approximate surface area is 131 Å². The lowest BCUT2D eigenvalue weighted by Gasteiger charge is -2.11. The summed E-state index contributed by atoms with van der Waals surface area (Å²) >= 11 is 3.22. The number of hydrogen-bond donors (Lipinski definition) is 2. The Kier molecular flexibility index (Phi) is 5.10. The van der Waals surface area contributed by atoms with Crippen LogP contribution in [0.15, 0.2) is 35.1 Å². The Morgan fingerprint density at radius 1 is 1.29 bits per heavy atom. The van der Waals surface area contributed by atoms with Crippen LogP contribution in [0.25, 0.3) is 0 Å². The van der Waals surface area contributed by atoms with Gasteiger partial charge in [0.1, 0.15) is 5.75 Å². The van der Waals surface area contributed by atoms with E-state index in [-0.39, 0.29) is 12.7 Å². The van der Waals surface area contributed by atoms with Gasteiger partial charge in [0.2, 0.25) is 5.95 Å². The number of anilines is 1. The molecule has 2 amide bonds. The monoisotopic (exact) mass is 350 g/mol. The number of amides is 2. The molecule has 0 aliphatic carbocycles. The quantitative estimate of drug-likeness (QED) is 0.831. The number of aromatic nitrogens is 2. The van der Waals surface area contributed by atoms with Crippen LogP contribution >= 0.6 is 15.9 Å². The molecule has 21 heavy (non-hydrogen) atoms. The number of urea groups is 1. The molecule has 0 spiro atoms. The molecule has 0 saturated carbocycles. The van der Waals surface area contributed by atoms with Crippen molar-refractivity contribution in [2.75, 3.05) is 12.0 Å². The van der Waals surface area contributed by atoms with Crippen molar-refractivity contribution in [2.45, 2.75) is 13.8 Å². The maximum Gasteiger partial charge on any atom is 0.324 e. The fraction of sp³-hybridized carbons (Fsp3) is 0.214. The Morgan fingerprint density at radius 3 is 2.67 bits per heavy atom. The minimum Gasteiger partial charge on any atom is -0.473 e. The smallest absolute Gasteiger partial charge is 0.324 e. The second-order valence-electron chi connectivity index (χ2n) is 4.41. The van der Waals surface area contributed by atoms with Gasteiger partial charge in [-0.15, -0.1) is 0 Å². The Hall–Kier alpha value is -2.15. The SMILES string of the molecule is Cc1ccc(OCNC(=O)Nc2ncc(Br)cn2)c(C)c1. The Bertz CT molecular complexity index is 631. The Morgan fingerprint density at radius 2 is 2.00 bits per heavy atom. The zero-order chi connectivity index (χ0) is 15.2. The van der Waals surface area contributed by atoms with Crippen molar-refractivity contribution in [3.63, 3.8) is 0 Å². The van der Waals surface area contributed by atoms with Crippen LogP contribution < -0.4 is 15.4 Å². The van der Waals surface area contributed by atoms with Gasteiger partial charge in [0.15, 0.2) is 6.73 Å². The van der Waals surface area contributed by atoms with E-state index in [1.165, 1.54) is 0 Å². The zero-order valence-electron chi connectivity index (χ0n) is 11.7. The molecule has 110 valence electrons. The van der Waals surface area contributed by atoms with Crippen LogP contribution in [0.5, 0.6) is 5.75 Å². The van der Waals surface area contributed by atoms with E-state index in [1.807, 2.05) is 32.0 Å². The van der Waals surface area contributed by atoms with E-state index in [4.69, 9.17) is 4.74 Å². The molecule has 0 radical (unpaired) electrons. The predicted molar refractivity (Wildman–Crippen MR) is 83.3 cm³/mol. The van der Waals surface area contributed by atoms with Gasteiger partial charge in [-0.2, -0.15) is 0 Å². The van der Waals surface area contributed by atoms with Crippen LogP contribution in [0.2, 0.25) is 0 Å². The number of hydrogen-bond acceptors (Lipinski definition) is 4. The lowest BCUT2D eigenvalue weighted by atomic mass is 10.1. The van der Waals surface area contributed by atoms with Gasteiger partial charge in [-0.3, -0.25) is 5.32 Å². The number of ether oxygens (including phenoxy) is 1. The Balaban J connectivity index is 1.80. The highest BCUT2D eigenvalue weighted by Crippen LogP contribution is 2.18. The summed E-state index contributed by atoms with van der Waals surface area (Å²) in [5.41, 5.74) is 2.19. The number of carbonyl (C=O) groups excluding carboxylic acids is 1. The molecule has 0 bridgehead atoms. The first-order chi connectivity index (χ1) is 10.0. The van der Waals surface area contributed by atoms with Gasteiger partial charge < -0.3 is 10.1 Å². The minimum atomic E-state index is -0.429. The van der Waals surface area contributed by atoms with Gasteiger partial charge in [0.25, 0.3) is 0 Å². The summed E-state index contributed by atoms with van der Waals surface area (Å²) in [4.78, 5) is 19.5. The lowest BCUT2D eigenvalue weighted by Crippen LogP contribution is -2.32. The average molecular weight is 351 g/mol. The zero-order valence-corrected chi connectivity index (χ0v) is 13.3. The lowest BCUT2D eigenvalue weighted by molar-refractivity contribution is 0.234. The van der Waals surface area contributed by atoms with Crippen LogP contribution in [0.1, 0.15) is 11.1 Å². The maximum atomic E-state index is 11.6. The second-order valence-corrected chi connectivity index (χ2v) is 5.33. The molecule has 6 nitrogen and oxygen atoms in total. The van der Waals surface area contributed by atoms with Crippen molar-refractivity contribution in [3.05, 3.63) is 46.2 Å². The fourth-order valence-corrected chi connectivity index (χ4v) is 1.87. The summed E-state index contributed by atoms with van der Waals surface area (Å²) in [6.45, 7) is 4.03. The van der Waals surface area contributed by atoms with Crippen molar-refractivity contribution in [1.82, 2.24) is 15.3 Å². The third kappa shape index (κ3) is 4.71. The molecular formula is C14H15BrN4O2. The average Bonchev–Trinajstić information content (AvgIpc) is 2.44. The van der Waals surface area contributed by atoms with Gasteiger partial charge in [-0.1, -0.05) is 17.7 Å². The molecule has 0 fully saturated rings. The number of benzene rings is 1. The van der Waals surface area contributed by atoms with Gasteiger partial charge in [-0.25, -0.2) is 14.8 Å². The van der Waals surface area contributed by atoms with Crippen LogP contribution in [-0.4, -0.2) is 22.7 Å². The van der Waals surface area contributed by atoms with Crippen molar-refractivity contribution >= 4 is 27.9 Å². The van der Waals surface area contributed by atoms with E-state index in [0.717, 1.165) is 21.3 Å². The molecule has 2 aromatic rings. The highest BCUT2D eigenvalue weighted by Gasteiger charge is 2.04. The van der Waals surface area contributed by atoms with Gasteiger partial charge >= 0.3 is 6.03 Å². The molecule has 1 aromatic heterocycles. The predicted octanol–water partition coefficient (Wildman–Crippen LogP) is 3.01. The molecule has 1 aromatic carbocycles. The summed E-state index contributed by atoms with van der Waals surface area (Å²) in [7, 11) is 0. The fourth-order valence-electron chi connectivity index (χ4n) is 1.66. The van der Waals surface area contributed by atoms with Crippen LogP contribution in [0.3, 0.4) is 0 Å². The summed E-state index contributed by atoms with van der Waals surface area (Å²) in [6.07, 6.45) is 3.10. The number of carbonyl (C=O) groups is 1. The van der Waals surface area contributed by atoms with E-state index < -0.39 is 6.03 Å². The number of rotatable bonds is 4. The molecular weight excluding hydrogens is 336 g/mol. The molecule has 2 N–H and O–H groups in total. The maximum absolute atomic E-state index is 11.6. The molecule has 0 aliphatic rings. The second kappa shape index (κ2) is 7.03. The van der Waals surface area contributed by atoms with Gasteiger partial charge in [0.05, 0.1) is 4.47 Å². The van der Waals surface area contributed by atoms with Crippen LogP contribution in [0.4, 0.5) is 10.7 Å². The molecule has 0 saturated heterocycles. The van der Waals surface area contributed by atoms with Gasteiger partial charge in [0, 0.05) is 12.4 Å². The molecule has 0 unspecified atom stereocenters. The minimum absolute atomic E-state index is 0.0618. The van der Waals surface area contributed by atoms with Crippen LogP contribution in [-0.2, 0) is 0 Å². The largest absolute Gasteiger partial charge is 0.473 e. The third-order valence-electron chi connectivity index (χ3n) is 2.64. The molecule has 1 heterocycles. The molecule has 0 aliphatic heterocycles. The summed E-state index contributed by atoms with van der Waals surface area (Å²) in [5, 5.41) is 5.08. The highest BCUT2D eigenvalue weighted by atomic mass is 79.9. The van der Waals surface area contributed by atoms with Crippen LogP contribution in [0, 0.1) is 13.8 Å². The standard InChI is InChI=1S/C14H15BrN4O2/c1-9-3-4-12(10(2)5-9)21-8-18-14(20)19-13-16-6-11(15)7-17-13/h3-7H,8H2,1-2H3,(H2,16,17,18,19,20). The normalized spacial score (nSPS) is 10.0. The van der Waals surface area contributed by atoms with E-state index in [1.54, 1.807) is 12.4 Å². The molecule has 7 heteroatoms. The summed E-state index contributed by atoms with van der Waals surface area (Å²) in [6, 6.07) is 5.42. The number of halogens is 1. The first-order valence-electron chi connectivity index (χ1n) is 6.27. The van der Waals surface area contributed by atoms with E-state index in [0.29, 0.717) is 0 Å². The van der Waals surface area contributed by atoms with Crippen molar-refractivity contribution < 1.29 is 9.53 Å². The van der Waals surface area contributed by atoms with Crippen molar-refractivity contribution in [3.8, 4) is 5.75 Å². The first kappa shape index (κ1) is 15.2. The van der Waals surface area contributed by atoms with Gasteiger partial charge in [-0.05, 0) is 41.4 Å². The van der Waals surface area contributed by atoms with Crippen molar-refractivity contribution in [2.24, 2.45) is 0 Å². The summed E-state index contributed by atoms with van der Waals surface area (Å²) in [5.74, 6) is 0.961. The first-order valence-corrected chi connectivity index (χ1v) is 7.06. The highest BCUT2D eigenvalue weighted by molar-refractivity contribution is 9.10. The molecule has 0 atom stereocenters. The number of nitrogens with zero attached hydrogens (tertiary/aromatic N) is 2. The number of aryl methyl sites for hydroxylation is 2. The van der Waals surface area contributed by atoms with E-state index in [2.05, 4.69) is 36.5 Å². The molecule has 2 rings (SSSR count). The third-order valence-corrected chi connectivity index (χ3v) is 3.05. The topological polar surface area (TPSA) is 76.1 Å². The van der Waals surface area contributed by atoms with E-state index in [9.17, 15) is 4.79 Å². The summed E-state index contributed by atoms with van der Waals surface area (Å²) < 4.78 is 6.24. The van der Waals surface area contributed by atoms with Crippen molar-refractivity contribution in [1.29, 1.82) is 0 Å². The number of nitrogens with one attached hydrogen (secondary N) is 2.